The van der Waals surface area contributed by atoms with Crippen molar-refractivity contribution in [2.24, 2.45) is 0 Å². The maximum Gasteiger partial charge on any atom is 0.252 e. The summed E-state index contributed by atoms with van der Waals surface area (Å²) in [7, 11) is 0. The molecule has 136 valence electrons. The standard InChI is InChI=1S/C19H16FN5O2/c1-11-6-8-12(9-7-11)17-22-19-23-18(27)15(25(19)24-17)10-16(26)21-14-5-3-2-4-13(14)20/h2-9,15H,10H2,1H3,(H,21,26)(H,22,23,24,27)/t15-/m1/s1. The zero-order valence-electron chi connectivity index (χ0n) is 14.4. The van der Waals surface area contributed by atoms with Gasteiger partial charge < -0.3 is 5.32 Å². The Kier molecular flexibility index (Phi) is 4.15. The fraction of sp³-hybridized carbons (Fsp3) is 0.158. The van der Waals surface area contributed by atoms with Crippen LogP contribution < -0.4 is 10.6 Å². The number of anilines is 2. The second-order valence-electron chi connectivity index (χ2n) is 6.31. The molecule has 4 rings (SSSR count). The molecule has 0 saturated carbocycles. The normalized spacial score (nSPS) is 15.3. The van der Waals surface area contributed by atoms with Gasteiger partial charge in [0.05, 0.1) is 12.1 Å². The number of aromatic nitrogens is 3. The second-order valence-corrected chi connectivity index (χ2v) is 6.31. The second kappa shape index (κ2) is 6.64. The number of fused-ring (bicyclic) bond motifs is 1. The number of halogens is 1. The van der Waals surface area contributed by atoms with Crippen LogP contribution in [0, 0.1) is 12.7 Å². The Morgan fingerprint density at radius 1 is 1.22 bits per heavy atom. The molecule has 8 heteroatoms. The minimum atomic E-state index is -0.835. The van der Waals surface area contributed by atoms with Gasteiger partial charge in [0, 0.05) is 5.56 Å². The fourth-order valence-corrected chi connectivity index (χ4v) is 2.87. The number of aryl methyl sites for hydroxylation is 1. The number of nitrogens with zero attached hydrogens (tertiary/aromatic N) is 3. The predicted molar refractivity (Wildman–Crippen MR) is 97.5 cm³/mol. The number of amides is 2. The summed E-state index contributed by atoms with van der Waals surface area (Å²) in [6.07, 6.45) is -0.177. The number of hydrogen-bond donors (Lipinski definition) is 2. The van der Waals surface area contributed by atoms with Gasteiger partial charge in [0.2, 0.25) is 11.9 Å². The molecule has 2 N–H and O–H groups in total. The molecule has 3 aromatic rings. The van der Waals surface area contributed by atoms with Crippen molar-refractivity contribution in [3.63, 3.8) is 0 Å². The van der Waals surface area contributed by atoms with Crippen molar-refractivity contribution >= 4 is 23.5 Å². The van der Waals surface area contributed by atoms with Gasteiger partial charge in [-0.3, -0.25) is 14.9 Å². The molecule has 27 heavy (non-hydrogen) atoms. The van der Waals surface area contributed by atoms with E-state index in [9.17, 15) is 14.0 Å². The Balaban J connectivity index is 1.53. The molecule has 0 saturated heterocycles. The van der Waals surface area contributed by atoms with Gasteiger partial charge in [-0.25, -0.2) is 9.07 Å². The van der Waals surface area contributed by atoms with Crippen molar-refractivity contribution in [1.29, 1.82) is 0 Å². The highest BCUT2D eigenvalue weighted by molar-refractivity contribution is 6.01. The Labute approximate surface area is 154 Å². The fourth-order valence-electron chi connectivity index (χ4n) is 2.87. The SMILES string of the molecule is Cc1ccc(-c2nc3n(n2)[C@H](CC(=O)Nc2ccccc2F)C(=O)N3)cc1. The van der Waals surface area contributed by atoms with E-state index in [-0.39, 0.29) is 18.0 Å². The summed E-state index contributed by atoms with van der Waals surface area (Å²) in [5, 5.41) is 9.47. The lowest BCUT2D eigenvalue weighted by Gasteiger charge is -2.10. The number of benzene rings is 2. The third-order valence-corrected chi connectivity index (χ3v) is 4.30. The van der Waals surface area contributed by atoms with Crippen molar-refractivity contribution in [2.75, 3.05) is 10.6 Å². The molecule has 2 heterocycles. The maximum atomic E-state index is 13.7. The molecule has 0 spiro atoms. The molecule has 7 nitrogen and oxygen atoms in total. The molecular weight excluding hydrogens is 349 g/mol. The summed E-state index contributed by atoms with van der Waals surface area (Å²) >= 11 is 0. The molecule has 1 aromatic heterocycles. The zero-order valence-corrected chi connectivity index (χ0v) is 14.4. The van der Waals surface area contributed by atoms with E-state index in [0.29, 0.717) is 11.8 Å². The number of carbonyl (C=O) groups is 2. The van der Waals surface area contributed by atoms with E-state index < -0.39 is 17.8 Å². The number of rotatable bonds is 4. The van der Waals surface area contributed by atoms with E-state index >= 15 is 0 Å². The smallest absolute Gasteiger partial charge is 0.252 e. The lowest BCUT2D eigenvalue weighted by molar-refractivity contribution is -0.123. The van der Waals surface area contributed by atoms with E-state index in [1.165, 1.54) is 22.9 Å². The third-order valence-electron chi connectivity index (χ3n) is 4.30. The molecule has 1 aliphatic rings. The molecule has 0 unspecified atom stereocenters. The summed E-state index contributed by atoms with van der Waals surface area (Å²) in [5.74, 6) is -0.641. The first-order valence-corrected chi connectivity index (χ1v) is 8.40. The molecule has 0 aliphatic carbocycles. The molecule has 0 fully saturated rings. The van der Waals surface area contributed by atoms with Crippen LogP contribution in [-0.4, -0.2) is 26.6 Å². The summed E-state index contributed by atoms with van der Waals surface area (Å²) < 4.78 is 15.1. The summed E-state index contributed by atoms with van der Waals surface area (Å²) in [6, 6.07) is 12.7. The Bertz CT molecular complexity index is 1030. The summed E-state index contributed by atoms with van der Waals surface area (Å²) in [4.78, 5) is 28.8. The van der Waals surface area contributed by atoms with Crippen LogP contribution in [0.5, 0.6) is 0 Å². The van der Waals surface area contributed by atoms with Crippen LogP contribution in [0.25, 0.3) is 11.4 Å². The van der Waals surface area contributed by atoms with Gasteiger partial charge in [-0.2, -0.15) is 4.98 Å². The number of nitrogens with one attached hydrogen (secondary N) is 2. The largest absolute Gasteiger partial charge is 0.324 e. The summed E-state index contributed by atoms with van der Waals surface area (Å²) in [5.41, 5.74) is 1.99. The summed E-state index contributed by atoms with van der Waals surface area (Å²) in [6.45, 7) is 1.98. The van der Waals surface area contributed by atoms with Gasteiger partial charge in [0.25, 0.3) is 5.91 Å². The van der Waals surface area contributed by atoms with Gasteiger partial charge >= 0.3 is 0 Å². The Morgan fingerprint density at radius 2 is 1.96 bits per heavy atom. The molecule has 0 radical (unpaired) electrons. The topological polar surface area (TPSA) is 88.9 Å². The van der Waals surface area contributed by atoms with Gasteiger partial charge in [-0.15, -0.1) is 5.10 Å². The van der Waals surface area contributed by atoms with Crippen LogP contribution in [0.15, 0.2) is 48.5 Å². The zero-order chi connectivity index (χ0) is 19.0. The highest BCUT2D eigenvalue weighted by Gasteiger charge is 2.35. The molecule has 2 amide bonds. The molecule has 1 atom stereocenters. The first-order valence-electron chi connectivity index (χ1n) is 8.40. The predicted octanol–water partition coefficient (Wildman–Crippen LogP) is 2.91. The van der Waals surface area contributed by atoms with Crippen molar-refractivity contribution in [3.05, 3.63) is 59.9 Å². The number of para-hydroxylation sites is 1. The van der Waals surface area contributed by atoms with E-state index in [1.54, 1.807) is 6.07 Å². The highest BCUT2D eigenvalue weighted by Crippen LogP contribution is 2.28. The minimum Gasteiger partial charge on any atom is -0.324 e. The minimum absolute atomic E-state index is 0.0695. The van der Waals surface area contributed by atoms with Crippen LogP contribution in [0.4, 0.5) is 16.0 Å². The van der Waals surface area contributed by atoms with Gasteiger partial charge in [-0.05, 0) is 19.1 Å². The van der Waals surface area contributed by atoms with Crippen molar-refractivity contribution in [2.45, 2.75) is 19.4 Å². The number of carbonyl (C=O) groups excluding carboxylic acids is 2. The molecule has 0 bridgehead atoms. The Hall–Kier alpha value is -3.55. The lowest BCUT2D eigenvalue weighted by Crippen LogP contribution is -2.24. The van der Waals surface area contributed by atoms with Crippen LogP contribution in [0.3, 0.4) is 0 Å². The van der Waals surface area contributed by atoms with E-state index in [2.05, 4.69) is 20.7 Å². The third kappa shape index (κ3) is 3.29. The van der Waals surface area contributed by atoms with Crippen molar-refractivity contribution < 1.29 is 14.0 Å². The van der Waals surface area contributed by atoms with E-state index in [4.69, 9.17) is 0 Å². The van der Waals surface area contributed by atoms with Crippen LogP contribution in [-0.2, 0) is 9.59 Å². The van der Waals surface area contributed by atoms with E-state index in [1.807, 2.05) is 31.2 Å². The van der Waals surface area contributed by atoms with E-state index in [0.717, 1.165) is 11.1 Å². The van der Waals surface area contributed by atoms with Gasteiger partial charge in [0.1, 0.15) is 11.9 Å². The lowest BCUT2D eigenvalue weighted by atomic mass is 10.1. The van der Waals surface area contributed by atoms with Crippen LogP contribution >= 0.6 is 0 Å². The van der Waals surface area contributed by atoms with Crippen molar-refractivity contribution in [3.8, 4) is 11.4 Å². The van der Waals surface area contributed by atoms with Crippen LogP contribution in [0.2, 0.25) is 0 Å². The van der Waals surface area contributed by atoms with Crippen molar-refractivity contribution in [1.82, 2.24) is 14.8 Å². The maximum absolute atomic E-state index is 13.7. The number of hydrogen-bond acceptors (Lipinski definition) is 4. The average Bonchev–Trinajstić information content (AvgIpc) is 3.17. The van der Waals surface area contributed by atoms with Gasteiger partial charge in [-0.1, -0.05) is 42.0 Å². The Morgan fingerprint density at radius 3 is 2.70 bits per heavy atom. The first kappa shape index (κ1) is 16.9. The molecular formula is C19H16FN5O2. The first-order chi connectivity index (χ1) is 13.0. The molecule has 1 aliphatic heterocycles. The average molecular weight is 365 g/mol. The van der Waals surface area contributed by atoms with Crippen LogP contribution in [0.1, 0.15) is 18.0 Å². The molecule has 2 aromatic carbocycles. The monoisotopic (exact) mass is 365 g/mol. The highest BCUT2D eigenvalue weighted by atomic mass is 19.1. The van der Waals surface area contributed by atoms with Gasteiger partial charge in [0.15, 0.2) is 5.82 Å². The quantitative estimate of drug-likeness (QED) is 0.744.